The molecule has 0 aliphatic rings. The van der Waals surface area contributed by atoms with Gasteiger partial charge in [0.15, 0.2) is 0 Å². The van der Waals surface area contributed by atoms with Crippen LogP contribution in [0.2, 0.25) is 0 Å². The molecular weight excluding hydrogens is 1320 g/mol. The van der Waals surface area contributed by atoms with Crippen LogP contribution < -0.4 is 9.80 Å². The average Bonchev–Trinajstić information content (AvgIpc) is 1.52. The quantitative estimate of drug-likeness (QED) is 0.114. The van der Waals surface area contributed by atoms with E-state index >= 15 is 0 Å². The number of rotatable bonds is 13. The van der Waals surface area contributed by atoms with Crippen molar-refractivity contribution in [2.24, 2.45) is 0 Å². The van der Waals surface area contributed by atoms with E-state index in [9.17, 15) is 0 Å². The Balaban J connectivity index is 0.000000148. The summed E-state index contributed by atoms with van der Waals surface area (Å²) in [7, 11) is 0. The lowest BCUT2D eigenvalue weighted by Gasteiger charge is -2.27. The van der Waals surface area contributed by atoms with E-state index in [1.165, 1.54) is 151 Å². The molecule has 0 fully saturated rings. The first kappa shape index (κ1) is 63.7. The van der Waals surface area contributed by atoms with Crippen LogP contribution in [0.25, 0.3) is 151 Å². The molecule has 498 valence electrons. The summed E-state index contributed by atoms with van der Waals surface area (Å²) in [6.45, 7) is 0. The predicted octanol–water partition coefficient (Wildman–Crippen LogP) is 30.2. The van der Waals surface area contributed by atoms with E-state index in [1.807, 2.05) is 22.7 Å². The van der Waals surface area contributed by atoms with Gasteiger partial charge in [0.1, 0.15) is 0 Å². The minimum Gasteiger partial charge on any atom is -0.311 e. The van der Waals surface area contributed by atoms with Gasteiger partial charge in [0.2, 0.25) is 0 Å². The number of hydrogen-bond donors (Lipinski definition) is 0. The molecule has 0 N–H and O–H groups in total. The third-order valence-corrected chi connectivity index (χ3v) is 23.4. The molecule has 20 rings (SSSR count). The number of anilines is 6. The molecule has 0 radical (unpaired) electrons. The average molecular weight is 1390 g/mol. The normalized spacial score (nSPS) is 11.4. The minimum atomic E-state index is 1.11. The van der Waals surface area contributed by atoms with Crippen molar-refractivity contribution in [1.29, 1.82) is 0 Å². The van der Waals surface area contributed by atoms with E-state index in [-0.39, 0.29) is 0 Å². The maximum Gasteiger partial charge on any atom is 0.0540 e. The lowest BCUT2D eigenvalue weighted by molar-refractivity contribution is 1.28. The third-order valence-electron chi connectivity index (χ3n) is 20.8. The maximum absolute atomic E-state index is 2.38. The standard InChI is InChI=1S/C56H37NS.C46H31NS/c1-2-12-40(13-3-1)51-22-10-24-53-54-25-11-23-52(56(54)58-55(51)53)43-30-36-46(37-31-43)57(44-32-26-41(27-33-44)49-20-8-16-38-14-4-6-18-47(38)49)45-34-28-42(29-35-45)50-21-9-17-39-15-5-7-19-48(39)50;1-3-12-32(13-4-1)33-24-28-37(29-25-33)47(44-23-9-17-34-16-7-8-18-39(34)44)38-30-26-36(27-31-38)41-20-11-22-43-42-21-10-19-40(45(42)48-46(41)43)35-14-5-2-6-15-35/h1-37H;1-31H. The van der Waals surface area contributed by atoms with E-state index in [0.29, 0.717) is 0 Å². The fourth-order valence-corrected chi connectivity index (χ4v) is 18.4. The first-order valence-corrected chi connectivity index (χ1v) is 37.8. The van der Waals surface area contributed by atoms with Crippen LogP contribution in [-0.4, -0.2) is 0 Å². The zero-order chi connectivity index (χ0) is 70.3. The summed E-state index contributed by atoms with van der Waals surface area (Å²) in [5.41, 5.74) is 24.1. The molecular formula is C102H68N2S2. The number of benzene rings is 18. The van der Waals surface area contributed by atoms with Gasteiger partial charge in [-0.15, -0.1) is 22.7 Å². The van der Waals surface area contributed by atoms with Gasteiger partial charge in [-0.05, 0) is 172 Å². The van der Waals surface area contributed by atoms with Crippen LogP contribution in [0.3, 0.4) is 0 Å². The van der Waals surface area contributed by atoms with E-state index in [2.05, 4.69) is 422 Å². The largest absolute Gasteiger partial charge is 0.311 e. The zero-order valence-electron chi connectivity index (χ0n) is 58.0. The van der Waals surface area contributed by atoms with Crippen molar-refractivity contribution < 1.29 is 0 Å². The summed E-state index contributed by atoms with van der Waals surface area (Å²) in [4.78, 5) is 4.75. The maximum atomic E-state index is 2.38. The van der Waals surface area contributed by atoms with Gasteiger partial charge in [-0.3, -0.25) is 0 Å². The molecule has 0 unspecified atom stereocenters. The van der Waals surface area contributed by atoms with E-state index in [4.69, 9.17) is 0 Å². The highest BCUT2D eigenvalue weighted by atomic mass is 32.1. The molecule has 106 heavy (non-hydrogen) atoms. The molecule has 18 aromatic carbocycles. The molecule has 0 saturated carbocycles. The number of nitrogens with zero attached hydrogens (tertiary/aromatic N) is 2. The van der Waals surface area contributed by atoms with Crippen molar-refractivity contribution in [2.45, 2.75) is 0 Å². The smallest absolute Gasteiger partial charge is 0.0540 e. The monoisotopic (exact) mass is 1380 g/mol. The Bertz CT molecular complexity index is 6450. The van der Waals surface area contributed by atoms with Gasteiger partial charge in [-0.25, -0.2) is 0 Å². The van der Waals surface area contributed by atoms with Gasteiger partial charge in [-0.2, -0.15) is 0 Å². The summed E-state index contributed by atoms with van der Waals surface area (Å²) < 4.78 is 5.31. The summed E-state index contributed by atoms with van der Waals surface area (Å²) in [5, 5.41) is 12.7. The number of thiophene rings is 2. The predicted molar refractivity (Wildman–Crippen MR) is 459 cm³/mol. The van der Waals surface area contributed by atoms with Gasteiger partial charge in [-0.1, -0.05) is 346 Å². The van der Waals surface area contributed by atoms with E-state index < -0.39 is 0 Å². The summed E-state index contributed by atoms with van der Waals surface area (Å²) in [5.74, 6) is 0. The van der Waals surface area contributed by atoms with Gasteiger partial charge in [0, 0.05) is 74.2 Å². The van der Waals surface area contributed by atoms with Crippen molar-refractivity contribution in [3.05, 3.63) is 413 Å². The van der Waals surface area contributed by atoms with Crippen molar-refractivity contribution in [2.75, 3.05) is 9.80 Å². The first-order chi connectivity index (χ1) is 52.6. The van der Waals surface area contributed by atoms with E-state index in [0.717, 1.165) is 34.1 Å². The second-order valence-corrected chi connectivity index (χ2v) is 29.0. The van der Waals surface area contributed by atoms with Crippen LogP contribution in [0.4, 0.5) is 34.1 Å². The van der Waals surface area contributed by atoms with Crippen LogP contribution in [-0.2, 0) is 0 Å². The zero-order valence-corrected chi connectivity index (χ0v) is 59.6. The van der Waals surface area contributed by atoms with Crippen LogP contribution >= 0.6 is 22.7 Å². The van der Waals surface area contributed by atoms with Crippen molar-refractivity contribution in [3.8, 4) is 77.9 Å². The Morgan fingerprint density at radius 1 is 0.142 bits per heavy atom. The highest BCUT2D eigenvalue weighted by Crippen LogP contribution is 2.48. The second kappa shape index (κ2) is 27.9. The fraction of sp³-hybridized carbons (Fsp3) is 0. The molecule has 0 amide bonds. The molecule has 2 aromatic heterocycles. The molecule has 2 nitrogen and oxygen atoms in total. The van der Waals surface area contributed by atoms with Crippen LogP contribution in [0, 0.1) is 0 Å². The second-order valence-electron chi connectivity index (χ2n) is 27.0. The van der Waals surface area contributed by atoms with Crippen LogP contribution in [0.1, 0.15) is 0 Å². The Labute approximate surface area is 625 Å². The van der Waals surface area contributed by atoms with Crippen molar-refractivity contribution in [3.63, 3.8) is 0 Å². The molecule has 4 heteroatoms. The van der Waals surface area contributed by atoms with E-state index in [1.54, 1.807) is 0 Å². The van der Waals surface area contributed by atoms with Crippen molar-refractivity contribution in [1.82, 2.24) is 0 Å². The molecule has 0 atom stereocenters. The number of fused-ring (bicyclic) bond motifs is 9. The summed E-state index contributed by atoms with van der Waals surface area (Å²) in [6, 6.07) is 150. The molecule has 0 bridgehead atoms. The molecule has 0 spiro atoms. The van der Waals surface area contributed by atoms with Crippen LogP contribution in [0.15, 0.2) is 413 Å². The molecule has 0 aliphatic heterocycles. The Hall–Kier alpha value is -13.2. The Kier molecular flexibility index (Phi) is 16.7. The summed E-state index contributed by atoms with van der Waals surface area (Å²) >= 11 is 3.80. The van der Waals surface area contributed by atoms with Crippen molar-refractivity contribution >= 4 is 129 Å². The molecule has 0 aliphatic carbocycles. The van der Waals surface area contributed by atoms with Gasteiger partial charge in [0.05, 0.1) is 5.69 Å². The minimum absolute atomic E-state index is 1.11. The fourth-order valence-electron chi connectivity index (χ4n) is 15.6. The topological polar surface area (TPSA) is 6.48 Å². The Morgan fingerprint density at radius 2 is 0.368 bits per heavy atom. The SMILES string of the molecule is c1ccc(-c2ccc(N(c3ccc(-c4cccc5c4sc4c(-c6ccccc6)cccc45)cc3)c3cccc4ccccc34)cc2)cc1.c1ccc(-c2cccc3c2sc2c(-c4ccc(N(c5ccc(-c6cccc7ccccc67)cc5)c5ccc(-c6cccc7ccccc67)cc5)cc4)cccc23)cc1. The lowest BCUT2D eigenvalue weighted by Crippen LogP contribution is -2.10. The van der Waals surface area contributed by atoms with Crippen LogP contribution in [0.5, 0.6) is 0 Å². The third kappa shape index (κ3) is 11.9. The highest BCUT2D eigenvalue weighted by molar-refractivity contribution is 7.27. The molecule has 0 saturated heterocycles. The van der Waals surface area contributed by atoms with Gasteiger partial charge < -0.3 is 9.80 Å². The van der Waals surface area contributed by atoms with Gasteiger partial charge in [0.25, 0.3) is 0 Å². The molecule has 2 heterocycles. The highest BCUT2D eigenvalue weighted by Gasteiger charge is 2.21. The molecule has 20 aromatic rings. The summed E-state index contributed by atoms with van der Waals surface area (Å²) in [6.07, 6.45) is 0. The first-order valence-electron chi connectivity index (χ1n) is 36.2. The lowest BCUT2D eigenvalue weighted by atomic mass is 9.97. The van der Waals surface area contributed by atoms with Gasteiger partial charge >= 0.3 is 0 Å². The number of hydrogen-bond acceptors (Lipinski definition) is 4. The Morgan fingerprint density at radius 3 is 0.736 bits per heavy atom.